The fourth-order valence-corrected chi connectivity index (χ4v) is 4.35. The lowest BCUT2D eigenvalue weighted by atomic mass is 10.2. The molecule has 4 aromatic rings. The van der Waals surface area contributed by atoms with E-state index in [2.05, 4.69) is 25.7 Å². The highest BCUT2D eigenvalue weighted by molar-refractivity contribution is 7.99. The van der Waals surface area contributed by atoms with E-state index in [0.717, 1.165) is 27.3 Å². The minimum Gasteiger partial charge on any atom is -0.272 e. The second kappa shape index (κ2) is 9.67. The Morgan fingerprint density at radius 2 is 1.90 bits per heavy atom. The number of rotatable bonds is 7. The molecular formula is C22H20N6OS2. The van der Waals surface area contributed by atoms with Gasteiger partial charge in [-0.3, -0.25) is 14.3 Å². The average molecular weight is 449 g/mol. The molecule has 7 nitrogen and oxygen atoms in total. The molecule has 4 rings (SSSR count). The summed E-state index contributed by atoms with van der Waals surface area (Å²) in [6, 6.07) is 13.9. The van der Waals surface area contributed by atoms with Gasteiger partial charge in [-0.1, -0.05) is 29.5 Å². The van der Waals surface area contributed by atoms with E-state index in [0.29, 0.717) is 11.0 Å². The maximum atomic E-state index is 12.3. The highest BCUT2D eigenvalue weighted by Gasteiger charge is 2.17. The van der Waals surface area contributed by atoms with Crippen molar-refractivity contribution >= 4 is 35.2 Å². The molecule has 0 aliphatic rings. The average Bonchev–Trinajstić information content (AvgIpc) is 3.40. The van der Waals surface area contributed by atoms with Crippen molar-refractivity contribution in [3.05, 3.63) is 76.2 Å². The molecule has 0 aliphatic heterocycles. The van der Waals surface area contributed by atoms with Gasteiger partial charge in [-0.05, 0) is 55.1 Å². The Bertz CT molecular complexity index is 1200. The topological polar surface area (TPSA) is 85.1 Å². The monoisotopic (exact) mass is 448 g/mol. The maximum absolute atomic E-state index is 12.3. The molecule has 0 bridgehead atoms. The van der Waals surface area contributed by atoms with E-state index < -0.39 is 0 Å². The number of nitrogens with one attached hydrogen (secondary N) is 1. The zero-order chi connectivity index (χ0) is 21.6. The summed E-state index contributed by atoms with van der Waals surface area (Å²) in [5, 5.41) is 15.4. The quantitative estimate of drug-likeness (QED) is 0.260. The Kier molecular flexibility index (Phi) is 6.54. The Labute approximate surface area is 188 Å². The van der Waals surface area contributed by atoms with Crippen molar-refractivity contribution in [2.24, 2.45) is 5.10 Å². The number of carbonyl (C=O) groups excluding carboxylic acids is 1. The smallest absolute Gasteiger partial charge is 0.250 e. The van der Waals surface area contributed by atoms with Crippen molar-refractivity contribution in [3.63, 3.8) is 0 Å². The molecule has 3 aromatic heterocycles. The van der Waals surface area contributed by atoms with Crippen LogP contribution < -0.4 is 5.43 Å². The largest absolute Gasteiger partial charge is 0.272 e. The molecule has 0 radical (unpaired) electrons. The molecule has 0 aliphatic carbocycles. The van der Waals surface area contributed by atoms with Gasteiger partial charge in [0.1, 0.15) is 0 Å². The van der Waals surface area contributed by atoms with Crippen LogP contribution >= 0.6 is 23.1 Å². The number of benzene rings is 1. The molecule has 0 unspecified atom stereocenters. The van der Waals surface area contributed by atoms with Gasteiger partial charge >= 0.3 is 0 Å². The summed E-state index contributed by atoms with van der Waals surface area (Å²) in [5.74, 6) is 0.654. The zero-order valence-electron chi connectivity index (χ0n) is 17.0. The van der Waals surface area contributed by atoms with Crippen molar-refractivity contribution in [2.45, 2.75) is 19.0 Å². The van der Waals surface area contributed by atoms with Crippen LogP contribution in [0.4, 0.5) is 0 Å². The van der Waals surface area contributed by atoms with Crippen molar-refractivity contribution in [1.29, 1.82) is 0 Å². The van der Waals surface area contributed by atoms with E-state index in [1.54, 1.807) is 29.9 Å². The van der Waals surface area contributed by atoms with Crippen molar-refractivity contribution in [3.8, 4) is 17.1 Å². The van der Waals surface area contributed by atoms with Gasteiger partial charge in [0.25, 0.3) is 5.91 Å². The number of hydrogen-bond donors (Lipinski definition) is 1. The fraction of sp³-hybridized carbons (Fsp3) is 0.136. The summed E-state index contributed by atoms with van der Waals surface area (Å²) in [4.78, 5) is 17.4. The summed E-state index contributed by atoms with van der Waals surface area (Å²) in [7, 11) is 0. The van der Waals surface area contributed by atoms with Gasteiger partial charge in [-0.25, -0.2) is 5.43 Å². The molecule has 0 saturated heterocycles. The predicted molar refractivity (Wildman–Crippen MR) is 125 cm³/mol. The first-order chi connectivity index (χ1) is 15.1. The lowest BCUT2D eigenvalue weighted by Gasteiger charge is -2.10. The second-order valence-electron chi connectivity index (χ2n) is 6.76. The predicted octanol–water partition coefficient (Wildman–Crippen LogP) is 4.25. The van der Waals surface area contributed by atoms with Crippen LogP contribution in [-0.4, -0.2) is 37.6 Å². The van der Waals surface area contributed by atoms with E-state index in [4.69, 9.17) is 0 Å². The third-order valence-electron chi connectivity index (χ3n) is 4.47. The standard InChI is InChI=1S/C22H20N6OS2/c1-15-3-5-18(6-4-15)28-21(17-7-10-23-11-8-17)26-27-22(28)31-14-20(29)25-24-13-19-16(2)9-12-30-19/h3-13H,14H2,1-2H3,(H,25,29)/b24-13-. The van der Waals surface area contributed by atoms with Gasteiger partial charge in [-0.15, -0.1) is 21.5 Å². The molecule has 31 heavy (non-hydrogen) atoms. The van der Waals surface area contributed by atoms with Crippen LogP contribution in [0.1, 0.15) is 16.0 Å². The summed E-state index contributed by atoms with van der Waals surface area (Å²) < 4.78 is 1.95. The molecule has 0 fully saturated rings. The number of carbonyl (C=O) groups is 1. The third kappa shape index (κ3) is 5.07. The molecule has 1 amide bonds. The van der Waals surface area contributed by atoms with Crippen LogP contribution in [0.5, 0.6) is 0 Å². The summed E-state index contributed by atoms with van der Waals surface area (Å²) in [5.41, 5.74) is 6.69. The van der Waals surface area contributed by atoms with Crippen molar-refractivity contribution < 1.29 is 4.79 Å². The van der Waals surface area contributed by atoms with Crippen LogP contribution in [0, 0.1) is 13.8 Å². The summed E-state index contributed by atoms with van der Waals surface area (Å²) in [6.07, 6.45) is 5.10. The van der Waals surface area contributed by atoms with E-state index >= 15 is 0 Å². The summed E-state index contributed by atoms with van der Waals surface area (Å²) >= 11 is 2.89. The number of hydrogen-bond acceptors (Lipinski definition) is 7. The van der Waals surface area contributed by atoms with E-state index in [9.17, 15) is 4.79 Å². The molecule has 3 heterocycles. The van der Waals surface area contributed by atoms with Gasteiger partial charge in [0.2, 0.25) is 0 Å². The molecule has 156 valence electrons. The van der Waals surface area contributed by atoms with E-state index in [-0.39, 0.29) is 11.7 Å². The number of thiophene rings is 1. The van der Waals surface area contributed by atoms with E-state index in [1.807, 2.05) is 66.3 Å². The Morgan fingerprint density at radius 1 is 1.13 bits per heavy atom. The Hall–Kier alpha value is -3.30. The SMILES string of the molecule is Cc1ccc(-n2c(SCC(=O)N/N=C\c3sccc3C)nnc2-c2ccncc2)cc1. The molecular weight excluding hydrogens is 428 g/mol. The number of thioether (sulfide) groups is 1. The summed E-state index contributed by atoms with van der Waals surface area (Å²) in [6.45, 7) is 4.05. The van der Waals surface area contributed by atoms with Gasteiger partial charge < -0.3 is 0 Å². The Morgan fingerprint density at radius 3 is 2.61 bits per heavy atom. The second-order valence-corrected chi connectivity index (χ2v) is 8.65. The molecule has 0 atom stereocenters. The zero-order valence-corrected chi connectivity index (χ0v) is 18.7. The first-order valence-electron chi connectivity index (χ1n) is 9.53. The number of nitrogens with zero attached hydrogens (tertiary/aromatic N) is 5. The normalized spacial score (nSPS) is 11.2. The fourth-order valence-electron chi connectivity index (χ4n) is 2.82. The minimum absolute atomic E-state index is 0.168. The van der Waals surface area contributed by atoms with Gasteiger partial charge in [0.05, 0.1) is 12.0 Å². The minimum atomic E-state index is -0.209. The first-order valence-corrected chi connectivity index (χ1v) is 11.4. The first kappa shape index (κ1) is 21.0. The third-order valence-corrected chi connectivity index (χ3v) is 6.35. The molecule has 0 saturated carbocycles. The molecule has 1 N–H and O–H groups in total. The van der Waals surface area contributed by atoms with Crippen molar-refractivity contribution in [2.75, 3.05) is 5.75 Å². The number of aromatic nitrogens is 4. The maximum Gasteiger partial charge on any atom is 0.250 e. The highest BCUT2D eigenvalue weighted by atomic mass is 32.2. The number of hydrazone groups is 1. The highest BCUT2D eigenvalue weighted by Crippen LogP contribution is 2.27. The van der Waals surface area contributed by atoms with Crippen LogP contribution in [-0.2, 0) is 4.79 Å². The molecule has 9 heteroatoms. The molecule has 0 spiro atoms. The number of aryl methyl sites for hydroxylation is 2. The van der Waals surface area contributed by atoms with Gasteiger partial charge in [-0.2, -0.15) is 5.10 Å². The van der Waals surface area contributed by atoms with Crippen LogP contribution in [0.15, 0.2) is 70.5 Å². The Balaban J connectivity index is 1.52. The number of amides is 1. The lowest BCUT2D eigenvalue weighted by Crippen LogP contribution is -2.20. The lowest BCUT2D eigenvalue weighted by molar-refractivity contribution is -0.118. The van der Waals surface area contributed by atoms with E-state index in [1.165, 1.54) is 11.8 Å². The van der Waals surface area contributed by atoms with Gasteiger partial charge in [0, 0.05) is 28.5 Å². The molecule has 1 aromatic carbocycles. The number of pyridine rings is 1. The van der Waals surface area contributed by atoms with Crippen molar-refractivity contribution in [1.82, 2.24) is 25.2 Å². The van der Waals surface area contributed by atoms with Crippen LogP contribution in [0.2, 0.25) is 0 Å². The van der Waals surface area contributed by atoms with Crippen LogP contribution in [0.3, 0.4) is 0 Å². The van der Waals surface area contributed by atoms with Crippen LogP contribution in [0.25, 0.3) is 17.1 Å². The van der Waals surface area contributed by atoms with Gasteiger partial charge in [0.15, 0.2) is 11.0 Å².